The van der Waals surface area contributed by atoms with E-state index in [0.29, 0.717) is 5.02 Å². The van der Waals surface area contributed by atoms with Gasteiger partial charge in [0.1, 0.15) is 0 Å². The van der Waals surface area contributed by atoms with Crippen molar-refractivity contribution in [1.29, 1.82) is 0 Å². The number of aliphatic hydroxyl groups is 1. The Balaban J connectivity index is 1.96. The number of carbonyl (C=O) groups excluding carboxylic acids is 1. The Morgan fingerprint density at radius 1 is 1.18 bits per heavy atom. The molecule has 0 saturated heterocycles. The van der Waals surface area contributed by atoms with Crippen LogP contribution in [-0.2, 0) is 4.79 Å². The summed E-state index contributed by atoms with van der Waals surface area (Å²) in [5.74, 6) is -0.152. The summed E-state index contributed by atoms with van der Waals surface area (Å²) in [4.78, 5) is 14.0. The fraction of sp³-hybridized carbons (Fsp3) is 0.235. The molecular formula is C17H19ClN2O2. The first kappa shape index (κ1) is 16.3. The molecule has 0 aliphatic heterocycles. The van der Waals surface area contributed by atoms with E-state index in [1.165, 1.54) is 0 Å². The van der Waals surface area contributed by atoms with E-state index in [1.54, 1.807) is 24.3 Å². The van der Waals surface area contributed by atoms with E-state index in [2.05, 4.69) is 5.32 Å². The molecule has 0 spiro atoms. The molecule has 2 N–H and O–H groups in total. The molecule has 0 aliphatic carbocycles. The van der Waals surface area contributed by atoms with Gasteiger partial charge >= 0.3 is 0 Å². The lowest BCUT2D eigenvalue weighted by molar-refractivity contribution is -0.120. The zero-order valence-electron chi connectivity index (χ0n) is 12.4. The average molecular weight is 319 g/mol. The molecule has 2 aromatic rings. The molecule has 1 atom stereocenters. The van der Waals surface area contributed by atoms with E-state index < -0.39 is 6.04 Å². The highest BCUT2D eigenvalue weighted by Crippen LogP contribution is 2.16. The van der Waals surface area contributed by atoms with Gasteiger partial charge in [0.05, 0.1) is 19.2 Å². The number of nitrogens with zero attached hydrogens (tertiary/aromatic N) is 1. The summed E-state index contributed by atoms with van der Waals surface area (Å²) < 4.78 is 0. The van der Waals surface area contributed by atoms with Gasteiger partial charge in [-0.05, 0) is 29.8 Å². The maximum Gasteiger partial charge on any atom is 0.240 e. The van der Waals surface area contributed by atoms with Gasteiger partial charge in [0.15, 0.2) is 0 Å². The molecule has 116 valence electrons. The van der Waals surface area contributed by atoms with Crippen LogP contribution >= 0.6 is 11.6 Å². The molecule has 0 fully saturated rings. The lowest BCUT2D eigenvalue weighted by Gasteiger charge is -2.22. The van der Waals surface area contributed by atoms with E-state index in [0.717, 1.165) is 11.3 Å². The van der Waals surface area contributed by atoms with Crippen LogP contribution in [0.3, 0.4) is 0 Å². The number of halogens is 1. The van der Waals surface area contributed by atoms with Gasteiger partial charge in [-0.3, -0.25) is 4.79 Å². The first-order valence-electron chi connectivity index (χ1n) is 7.02. The van der Waals surface area contributed by atoms with Gasteiger partial charge in [-0.15, -0.1) is 0 Å². The summed E-state index contributed by atoms with van der Waals surface area (Å²) >= 11 is 5.85. The molecule has 2 aromatic carbocycles. The Morgan fingerprint density at radius 3 is 2.41 bits per heavy atom. The van der Waals surface area contributed by atoms with E-state index in [4.69, 9.17) is 11.6 Å². The third-order valence-electron chi connectivity index (χ3n) is 3.37. The zero-order chi connectivity index (χ0) is 15.9. The minimum Gasteiger partial charge on any atom is -0.394 e. The molecule has 0 aliphatic rings. The summed E-state index contributed by atoms with van der Waals surface area (Å²) in [6, 6.07) is 16.3. The standard InChI is InChI=1S/C17H19ClN2O2/c1-20(15-5-3-2-4-6-15)11-17(22)19-16(12-21)13-7-9-14(18)10-8-13/h2-10,16,21H,11-12H2,1H3,(H,19,22). The fourth-order valence-electron chi connectivity index (χ4n) is 2.16. The minimum absolute atomic E-state index is 0.152. The van der Waals surface area contributed by atoms with Crippen molar-refractivity contribution in [3.63, 3.8) is 0 Å². The van der Waals surface area contributed by atoms with Gasteiger partial charge < -0.3 is 15.3 Å². The second-order valence-corrected chi connectivity index (χ2v) is 5.48. The Hall–Kier alpha value is -2.04. The van der Waals surface area contributed by atoms with Gasteiger partial charge in [-0.25, -0.2) is 0 Å². The summed E-state index contributed by atoms with van der Waals surface area (Å²) in [7, 11) is 1.85. The van der Waals surface area contributed by atoms with Crippen molar-refractivity contribution in [2.75, 3.05) is 25.1 Å². The number of amides is 1. The van der Waals surface area contributed by atoms with Crippen LogP contribution in [0.4, 0.5) is 5.69 Å². The maximum atomic E-state index is 12.1. The molecule has 0 aromatic heterocycles. The first-order valence-corrected chi connectivity index (χ1v) is 7.40. The maximum absolute atomic E-state index is 12.1. The number of nitrogens with one attached hydrogen (secondary N) is 1. The molecule has 2 rings (SSSR count). The van der Waals surface area contributed by atoms with Gasteiger partial charge in [0.2, 0.25) is 5.91 Å². The van der Waals surface area contributed by atoms with E-state index >= 15 is 0 Å². The molecule has 5 heteroatoms. The van der Waals surface area contributed by atoms with Crippen molar-refractivity contribution in [3.05, 3.63) is 65.2 Å². The monoisotopic (exact) mass is 318 g/mol. The smallest absolute Gasteiger partial charge is 0.240 e. The largest absolute Gasteiger partial charge is 0.394 e. The highest BCUT2D eigenvalue weighted by atomic mass is 35.5. The Kier molecular flexibility index (Phi) is 5.81. The van der Waals surface area contributed by atoms with Crippen molar-refractivity contribution in [1.82, 2.24) is 5.32 Å². The molecule has 0 bridgehead atoms. The molecule has 4 nitrogen and oxygen atoms in total. The van der Waals surface area contributed by atoms with Crippen LogP contribution in [-0.4, -0.2) is 31.2 Å². The van der Waals surface area contributed by atoms with Gasteiger partial charge in [0.25, 0.3) is 0 Å². The molecule has 1 unspecified atom stereocenters. The molecule has 0 radical (unpaired) electrons. The van der Waals surface area contributed by atoms with Crippen LogP contribution in [0.15, 0.2) is 54.6 Å². The normalized spacial score (nSPS) is 11.8. The highest BCUT2D eigenvalue weighted by Gasteiger charge is 2.15. The van der Waals surface area contributed by atoms with Crippen LogP contribution in [0, 0.1) is 0 Å². The quantitative estimate of drug-likeness (QED) is 0.861. The first-order chi connectivity index (χ1) is 10.6. The van der Waals surface area contributed by atoms with E-state index in [9.17, 15) is 9.90 Å². The predicted molar refractivity (Wildman–Crippen MR) is 89.1 cm³/mol. The summed E-state index contributed by atoms with van der Waals surface area (Å²) in [6.45, 7) is 0.0521. The Labute approximate surface area is 135 Å². The zero-order valence-corrected chi connectivity index (χ0v) is 13.1. The average Bonchev–Trinajstić information content (AvgIpc) is 2.54. The lowest BCUT2D eigenvalue weighted by Crippen LogP contribution is -2.38. The number of likely N-dealkylation sites (N-methyl/N-ethyl adjacent to an activating group) is 1. The molecule has 0 saturated carbocycles. The van der Waals surface area contributed by atoms with Gasteiger partial charge in [-0.2, -0.15) is 0 Å². The topological polar surface area (TPSA) is 52.6 Å². The van der Waals surface area contributed by atoms with Crippen LogP contribution < -0.4 is 10.2 Å². The van der Waals surface area contributed by atoms with Crippen molar-refractivity contribution in [2.24, 2.45) is 0 Å². The van der Waals surface area contributed by atoms with E-state index in [1.807, 2.05) is 42.3 Å². The number of para-hydroxylation sites is 1. The molecule has 22 heavy (non-hydrogen) atoms. The molecule has 0 heterocycles. The highest BCUT2D eigenvalue weighted by molar-refractivity contribution is 6.30. The molecular weight excluding hydrogens is 300 g/mol. The third-order valence-corrected chi connectivity index (χ3v) is 3.62. The SMILES string of the molecule is CN(CC(=O)NC(CO)c1ccc(Cl)cc1)c1ccccc1. The van der Waals surface area contributed by atoms with Crippen molar-refractivity contribution in [2.45, 2.75) is 6.04 Å². The summed E-state index contributed by atoms with van der Waals surface area (Å²) in [5, 5.41) is 12.9. The number of hydrogen-bond acceptors (Lipinski definition) is 3. The van der Waals surface area contributed by atoms with Crippen molar-refractivity contribution < 1.29 is 9.90 Å². The van der Waals surface area contributed by atoms with E-state index in [-0.39, 0.29) is 19.1 Å². The summed E-state index contributed by atoms with van der Waals surface area (Å²) in [6.07, 6.45) is 0. The predicted octanol–water partition coefficient (Wildman–Crippen LogP) is 2.63. The van der Waals surface area contributed by atoms with Crippen molar-refractivity contribution >= 4 is 23.2 Å². The van der Waals surface area contributed by atoms with Gasteiger partial charge in [0, 0.05) is 17.8 Å². The Bertz CT molecular complexity index is 602. The van der Waals surface area contributed by atoms with Gasteiger partial charge in [-0.1, -0.05) is 41.9 Å². The second-order valence-electron chi connectivity index (χ2n) is 5.05. The minimum atomic E-state index is -0.436. The molecule has 1 amide bonds. The fourth-order valence-corrected chi connectivity index (χ4v) is 2.28. The van der Waals surface area contributed by atoms with Crippen LogP contribution in [0.5, 0.6) is 0 Å². The number of anilines is 1. The third kappa shape index (κ3) is 4.48. The van der Waals surface area contributed by atoms with Crippen molar-refractivity contribution in [3.8, 4) is 0 Å². The van der Waals surface area contributed by atoms with Crippen LogP contribution in [0.25, 0.3) is 0 Å². The second kappa shape index (κ2) is 7.82. The van der Waals surface area contributed by atoms with Crippen LogP contribution in [0.1, 0.15) is 11.6 Å². The lowest BCUT2D eigenvalue weighted by atomic mass is 10.1. The number of rotatable bonds is 6. The Morgan fingerprint density at radius 2 is 1.82 bits per heavy atom. The number of aliphatic hydroxyl groups excluding tert-OH is 1. The number of hydrogen-bond donors (Lipinski definition) is 2. The number of benzene rings is 2. The van der Waals surface area contributed by atoms with Crippen LogP contribution in [0.2, 0.25) is 5.02 Å². The summed E-state index contributed by atoms with van der Waals surface area (Å²) in [5.41, 5.74) is 1.78. The number of carbonyl (C=O) groups is 1.